The lowest BCUT2D eigenvalue weighted by molar-refractivity contribution is -0.385. The third kappa shape index (κ3) is 5.96. The second-order valence-electron chi connectivity index (χ2n) is 8.37. The summed E-state index contributed by atoms with van der Waals surface area (Å²) in [5.74, 6) is -2.53. The number of ether oxygens (including phenoxy) is 1. The van der Waals surface area contributed by atoms with Gasteiger partial charge in [-0.1, -0.05) is 18.2 Å². The van der Waals surface area contributed by atoms with E-state index in [4.69, 9.17) is 9.15 Å². The standard InChI is InChI=1S/C27H23FN4O7/c1-15(17-5-9-21(28)24(14-17)38-2)29-19-7-3-16(4-8-19)20-11-12-39-25(20)27(35)31-30-26(34)18-6-10-23(33)22(13-18)32(36)37/h3-15,29,33H,1-2H3,(H,30,34)(H,31,35). The normalized spacial score (nSPS) is 11.4. The van der Waals surface area contributed by atoms with E-state index in [1.165, 1.54) is 25.5 Å². The molecule has 2 amide bonds. The average Bonchev–Trinajstić information content (AvgIpc) is 3.42. The van der Waals surface area contributed by atoms with Gasteiger partial charge in [-0.2, -0.15) is 0 Å². The van der Waals surface area contributed by atoms with E-state index in [0.717, 1.165) is 23.4 Å². The number of nitrogens with zero attached hydrogens (tertiary/aromatic N) is 1. The lowest BCUT2D eigenvalue weighted by atomic mass is 10.0. The van der Waals surface area contributed by atoms with E-state index < -0.39 is 34.0 Å². The van der Waals surface area contributed by atoms with Gasteiger partial charge in [0.15, 0.2) is 17.3 Å². The summed E-state index contributed by atoms with van der Waals surface area (Å²) in [5, 5.41) is 23.8. The molecule has 39 heavy (non-hydrogen) atoms. The van der Waals surface area contributed by atoms with Gasteiger partial charge >= 0.3 is 11.6 Å². The van der Waals surface area contributed by atoms with Crippen LogP contribution >= 0.6 is 0 Å². The summed E-state index contributed by atoms with van der Waals surface area (Å²) in [6.45, 7) is 1.92. The molecule has 4 N–H and O–H groups in total. The molecule has 1 atom stereocenters. The number of hydrogen-bond acceptors (Lipinski definition) is 8. The summed E-state index contributed by atoms with van der Waals surface area (Å²) >= 11 is 0. The molecular weight excluding hydrogens is 511 g/mol. The van der Waals surface area contributed by atoms with Crippen molar-refractivity contribution in [2.24, 2.45) is 0 Å². The average molecular weight is 535 g/mol. The van der Waals surface area contributed by atoms with Gasteiger partial charge in [-0.25, -0.2) is 4.39 Å². The number of phenolic OH excluding ortho intramolecular Hbond substituents is 1. The van der Waals surface area contributed by atoms with Gasteiger partial charge in [0.1, 0.15) is 0 Å². The van der Waals surface area contributed by atoms with Gasteiger partial charge in [0.2, 0.25) is 5.76 Å². The summed E-state index contributed by atoms with van der Waals surface area (Å²) in [4.78, 5) is 35.2. The fourth-order valence-corrected chi connectivity index (χ4v) is 3.79. The summed E-state index contributed by atoms with van der Waals surface area (Å²) in [7, 11) is 1.40. The zero-order valence-corrected chi connectivity index (χ0v) is 20.7. The van der Waals surface area contributed by atoms with Crippen molar-refractivity contribution in [3.63, 3.8) is 0 Å². The van der Waals surface area contributed by atoms with E-state index in [2.05, 4.69) is 16.2 Å². The van der Waals surface area contributed by atoms with E-state index in [1.54, 1.807) is 42.5 Å². The summed E-state index contributed by atoms with van der Waals surface area (Å²) in [6.07, 6.45) is 1.32. The van der Waals surface area contributed by atoms with Gasteiger partial charge in [0, 0.05) is 28.9 Å². The number of furan rings is 1. The van der Waals surface area contributed by atoms with E-state index >= 15 is 0 Å². The van der Waals surface area contributed by atoms with Crippen LogP contribution in [0.25, 0.3) is 11.1 Å². The molecule has 0 aliphatic heterocycles. The van der Waals surface area contributed by atoms with Crippen LogP contribution in [0.5, 0.6) is 11.5 Å². The summed E-state index contributed by atoms with van der Waals surface area (Å²) in [5.41, 5.74) is 6.32. The molecule has 0 fully saturated rings. The highest BCUT2D eigenvalue weighted by Gasteiger charge is 2.20. The van der Waals surface area contributed by atoms with Crippen LogP contribution in [0.1, 0.15) is 39.4 Å². The largest absolute Gasteiger partial charge is 0.502 e. The fraction of sp³-hybridized carbons (Fsp3) is 0.111. The van der Waals surface area contributed by atoms with Gasteiger partial charge in [0.25, 0.3) is 5.91 Å². The van der Waals surface area contributed by atoms with Gasteiger partial charge in [-0.15, -0.1) is 0 Å². The van der Waals surface area contributed by atoms with Crippen molar-refractivity contribution in [1.82, 2.24) is 10.9 Å². The Labute approximate surface area is 221 Å². The number of carbonyl (C=O) groups excluding carboxylic acids is 2. The number of phenols is 1. The van der Waals surface area contributed by atoms with E-state index in [1.807, 2.05) is 6.92 Å². The number of rotatable bonds is 8. The Morgan fingerprint density at radius 1 is 1.03 bits per heavy atom. The highest BCUT2D eigenvalue weighted by Crippen LogP contribution is 2.29. The molecule has 0 bridgehead atoms. The van der Waals surface area contributed by atoms with E-state index in [-0.39, 0.29) is 23.1 Å². The van der Waals surface area contributed by atoms with Crippen LogP contribution in [0, 0.1) is 15.9 Å². The first-order chi connectivity index (χ1) is 18.7. The third-order valence-corrected chi connectivity index (χ3v) is 5.85. The minimum absolute atomic E-state index is 0.0699. The van der Waals surface area contributed by atoms with Crippen molar-refractivity contribution < 1.29 is 33.2 Å². The predicted molar refractivity (Wildman–Crippen MR) is 139 cm³/mol. The number of hydrazine groups is 1. The topological polar surface area (TPSA) is 156 Å². The number of nitro benzene ring substituents is 1. The van der Waals surface area contributed by atoms with Crippen LogP contribution in [0.2, 0.25) is 0 Å². The van der Waals surface area contributed by atoms with Crippen LogP contribution in [-0.4, -0.2) is 29.0 Å². The van der Waals surface area contributed by atoms with Crippen LogP contribution in [0.15, 0.2) is 77.4 Å². The van der Waals surface area contributed by atoms with Crippen molar-refractivity contribution in [3.05, 3.63) is 106 Å². The number of benzene rings is 3. The first-order valence-electron chi connectivity index (χ1n) is 11.5. The minimum atomic E-state index is -0.832. The van der Waals surface area contributed by atoms with Crippen molar-refractivity contribution in [1.29, 1.82) is 0 Å². The molecule has 4 rings (SSSR count). The number of hydrogen-bond donors (Lipinski definition) is 4. The molecule has 1 heterocycles. The molecule has 0 spiro atoms. The number of amides is 2. The Kier molecular flexibility index (Phi) is 7.75. The van der Waals surface area contributed by atoms with Gasteiger partial charge in [-0.3, -0.25) is 30.6 Å². The van der Waals surface area contributed by atoms with Crippen molar-refractivity contribution in [3.8, 4) is 22.6 Å². The lowest BCUT2D eigenvalue weighted by Crippen LogP contribution is -2.41. The zero-order chi connectivity index (χ0) is 28.1. The molecule has 4 aromatic rings. The molecule has 0 aliphatic carbocycles. The smallest absolute Gasteiger partial charge is 0.311 e. The maximum absolute atomic E-state index is 13.7. The van der Waals surface area contributed by atoms with Gasteiger partial charge in [0.05, 0.1) is 18.3 Å². The molecule has 0 saturated carbocycles. The second-order valence-corrected chi connectivity index (χ2v) is 8.37. The van der Waals surface area contributed by atoms with Crippen LogP contribution < -0.4 is 20.9 Å². The van der Waals surface area contributed by atoms with E-state index in [9.17, 15) is 29.2 Å². The minimum Gasteiger partial charge on any atom is -0.502 e. The Morgan fingerprint density at radius 2 is 1.74 bits per heavy atom. The van der Waals surface area contributed by atoms with Crippen LogP contribution in [0.4, 0.5) is 15.8 Å². The maximum Gasteiger partial charge on any atom is 0.311 e. The molecule has 0 radical (unpaired) electrons. The first-order valence-corrected chi connectivity index (χ1v) is 11.5. The molecular formula is C27H23FN4O7. The number of aromatic hydroxyl groups is 1. The SMILES string of the molecule is COc1cc(C(C)Nc2ccc(-c3ccoc3C(=O)NNC(=O)c3ccc(O)c([N+](=O)[O-])c3)cc2)ccc1F. The van der Waals surface area contributed by atoms with Crippen molar-refractivity contribution >= 4 is 23.2 Å². The molecule has 11 nitrogen and oxygen atoms in total. The fourth-order valence-electron chi connectivity index (χ4n) is 3.79. The number of carbonyl (C=O) groups is 2. The van der Waals surface area contributed by atoms with Crippen molar-refractivity contribution in [2.45, 2.75) is 13.0 Å². The molecule has 1 unspecified atom stereocenters. The number of methoxy groups -OCH3 is 1. The first kappa shape index (κ1) is 26.7. The Bertz CT molecular complexity index is 1540. The molecule has 200 valence electrons. The van der Waals surface area contributed by atoms with E-state index in [0.29, 0.717) is 11.1 Å². The summed E-state index contributed by atoms with van der Waals surface area (Å²) in [6, 6.07) is 16.3. The number of halogens is 1. The third-order valence-electron chi connectivity index (χ3n) is 5.85. The van der Waals surface area contributed by atoms with Gasteiger partial charge in [-0.05, 0) is 60.5 Å². The van der Waals surface area contributed by atoms with Crippen LogP contribution in [-0.2, 0) is 0 Å². The second kappa shape index (κ2) is 11.3. The van der Waals surface area contributed by atoms with Gasteiger partial charge < -0.3 is 19.6 Å². The molecule has 3 aromatic carbocycles. The highest BCUT2D eigenvalue weighted by atomic mass is 19.1. The Hall–Kier alpha value is -5.39. The highest BCUT2D eigenvalue weighted by molar-refractivity contribution is 6.01. The Morgan fingerprint density at radius 3 is 2.44 bits per heavy atom. The molecule has 1 aromatic heterocycles. The molecule has 0 saturated heterocycles. The molecule has 0 aliphatic rings. The lowest BCUT2D eigenvalue weighted by Gasteiger charge is -2.17. The Balaban J connectivity index is 1.41. The predicted octanol–water partition coefficient (Wildman–Crippen LogP) is 4.96. The van der Waals surface area contributed by atoms with Crippen molar-refractivity contribution in [2.75, 3.05) is 12.4 Å². The van der Waals surface area contributed by atoms with Crippen LogP contribution in [0.3, 0.4) is 0 Å². The monoisotopic (exact) mass is 534 g/mol. The maximum atomic E-state index is 13.7. The number of nitro groups is 1. The quantitative estimate of drug-likeness (QED) is 0.183. The summed E-state index contributed by atoms with van der Waals surface area (Å²) < 4.78 is 24.1. The number of anilines is 1. The molecule has 12 heteroatoms. The zero-order valence-electron chi connectivity index (χ0n) is 20.7. The number of nitrogens with one attached hydrogen (secondary N) is 3.